The first-order valence-electron chi connectivity index (χ1n) is 6.60. The number of allylic oxidation sites excluding steroid dienone is 1. The highest BCUT2D eigenvalue weighted by Crippen LogP contribution is 2.29. The molecule has 1 saturated heterocycles. The summed E-state index contributed by atoms with van der Waals surface area (Å²) in [4.78, 5) is 13.7. The van der Waals surface area contributed by atoms with Crippen molar-refractivity contribution in [2.45, 2.75) is 51.7 Å². The highest BCUT2D eigenvalue weighted by molar-refractivity contribution is 5.69. The van der Waals surface area contributed by atoms with Crippen LogP contribution < -0.4 is 0 Å². The van der Waals surface area contributed by atoms with E-state index in [1.165, 1.54) is 0 Å². The minimum atomic E-state index is -0.490. The average molecular weight is 255 g/mol. The van der Waals surface area contributed by atoms with Crippen LogP contribution in [-0.2, 0) is 4.74 Å². The van der Waals surface area contributed by atoms with Gasteiger partial charge in [0.05, 0.1) is 12.6 Å². The van der Waals surface area contributed by atoms with E-state index in [0.717, 1.165) is 19.3 Å². The maximum Gasteiger partial charge on any atom is 0.410 e. The molecule has 0 aliphatic carbocycles. The van der Waals surface area contributed by atoms with Gasteiger partial charge in [-0.1, -0.05) is 6.08 Å². The Morgan fingerprint density at radius 2 is 2.22 bits per heavy atom. The van der Waals surface area contributed by atoms with E-state index >= 15 is 0 Å². The first-order valence-corrected chi connectivity index (χ1v) is 6.60. The third-order valence-corrected chi connectivity index (χ3v) is 3.24. The van der Waals surface area contributed by atoms with Crippen molar-refractivity contribution in [1.29, 1.82) is 0 Å². The molecule has 0 aromatic rings. The van der Waals surface area contributed by atoms with Gasteiger partial charge >= 0.3 is 6.09 Å². The minimum Gasteiger partial charge on any atom is -0.444 e. The van der Waals surface area contributed by atoms with Crippen molar-refractivity contribution in [3.05, 3.63) is 12.7 Å². The second kappa shape index (κ2) is 6.23. The summed E-state index contributed by atoms with van der Waals surface area (Å²) in [6, 6.07) is -0.111. The molecule has 1 aliphatic heterocycles. The van der Waals surface area contributed by atoms with Crippen LogP contribution >= 0.6 is 0 Å². The van der Waals surface area contributed by atoms with Gasteiger partial charge in [-0.25, -0.2) is 4.79 Å². The Balaban J connectivity index is 2.61. The van der Waals surface area contributed by atoms with Gasteiger partial charge in [0.1, 0.15) is 5.60 Å². The molecule has 1 rings (SSSR count). The Morgan fingerprint density at radius 1 is 1.56 bits per heavy atom. The summed E-state index contributed by atoms with van der Waals surface area (Å²) in [6.45, 7) is 9.93. The summed E-state index contributed by atoms with van der Waals surface area (Å²) in [6.07, 6.45) is 4.38. The van der Waals surface area contributed by atoms with E-state index in [-0.39, 0.29) is 18.7 Å². The lowest BCUT2D eigenvalue weighted by Crippen LogP contribution is -2.43. The van der Waals surface area contributed by atoms with Crippen molar-refractivity contribution in [3.63, 3.8) is 0 Å². The Bertz CT molecular complexity index is 296. The van der Waals surface area contributed by atoms with Crippen molar-refractivity contribution in [2.24, 2.45) is 5.92 Å². The van der Waals surface area contributed by atoms with Crippen LogP contribution in [0.15, 0.2) is 12.7 Å². The van der Waals surface area contributed by atoms with E-state index in [1.54, 1.807) is 4.90 Å². The van der Waals surface area contributed by atoms with Crippen molar-refractivity contribution < 1.29 is 14.6 Å². The molecule has 0 unspecified atom stereocenters. The van der Waals surface area contributed by atoms with Gasteiger partial charge < -0.3 is 14.7 Å². The molecule has 2 atom stereocenters. The number of aliphatic hydroxyl groups excluding tert-OH is 1. The van der Waals surface area contributed by atoms with Crippen LogP contribution in [0.1, 0.15) is 40.0 Å². The van der Waals surface area contributed by atoms with Gasteiger partial charge in [0, 0.05) is 6.54 Å². The zero-order valence-electron chi connectivity index (χ0n) is 11.7. The molecule has 0 radical (unpaired) electrons. The molecule has 1 fully saturated rings. The molecule has 4 nitrogen and oxygen atoms in total. The molecule has 0 aromatic heterocycles. The largest absolute Gasteiger partial charge is 0.444 e. The lowest BCUT2D eigenvalue weighted by molar-refractivity contribution is 0.0144. The molecular formula is C14H25NO3. The summed E-state index contributed by atoms with van der Waals surface area (Å²) in [5, 5.41) is 9.48. The predicted octanol–water partition coefficient (Wildman–Crippen LogP) is 2.57. The Labute approximate surface area is 110 Å². The average Bonchev–Trinajstić information content (AvgIpc) is 2.66. The normalized spacial score (nSPS) is 24.1. The summed E-state index contributed by atoms with van der Waals surface area (Å²) in [7, 11) is 0. The number of hydrogen-bond donors (Lipinski definition) is 1. The molecule has 1 amide bonds. The van der Waals surface area contributed by atoms with Crippen molar-refractivity contribution in [1.82, 2.24) is 4.90 Å². The van der Waals surface area contributed by atoms with E-state index in [1.807, 2.05) is 26.8 Å². The number of carbonyl (C=O) groups excluding carboxylic acids is 1. The van der Waals surface area contributed by atoms with Crippen LogP contribution in [0, 0.1) is 5.92 Å². The number of carbonyl (C=O) groups is 1. The smallest absolute Gasteiger partial charge is 0.410 e. The van der Waals surface area contributed by atoms with Gasteiger partial charge in [-0.15, -0.1) is 6.58 Å². The monoisotopic (exact) mass is 255 g/mol. The SMILES string of the molecule is C=CCC[C@H]1CCN(C(=O)OC(C)(C)C)[C@@H]1CO. The van der Waals surface area contributed by atoms with Crippen LogP contribution in [0.25, 0.3) is 0 Å². The number of ether oxygens (including phenoxy) is 1. The number of hydrogen-bond acceptors (Lipinski definition) is 3. The van der Waals surface area contributed by atoms with Crippen molar-refractivity contribution in [2.75, 3.05) is 13.2 Å². The quantitative estimate of drug-likeness (QED) is 0.785. The van der Waals surface area contributed by atoms with E-state index < -0.39 is 5.60 Å². The fourth-order valence-electron chi connectivity index (χ4n) is 2.38. The molecule has 0 bridgehead atoms. The van der Waals surface area contributed by atoms with Gasteiger partial charge in [-0.3, -0.25) is 0 Å². The first kappa shape index (κ1) is 15.0. The van der Waals surface area contributed by atoms with Gasteiger partial charge in [0.25, 0.3) is 0 Å². The minimum absolute atomic E-state index is 0.00104. The first-order chi connectivity index (χ1) is 8.39. The van der Waals surface area contributed by atoms with Crippen LogP contribution in [0.5, 0.6) is 0 Å². The van der Waals surface area contributed by atoms with E-state index in [9.17, 15) is 9.90 Å². The summed E-state index contributed by atoms with van der Waals surface area (Å²) in [5.74, 6) is 0.348. The van der Waals surface area contributed by atoms with E-state index in [4.69, 9.17) is 4.74 Å². The highest BCUT2D eigenvalue weighted by Gasteiger charge is 2.37. The fourth-order valence-corrected chi connectivity index (χ4v) is 2.38. The highest BCUT2D eigenvalue weighted by atomic mass is 16.6. The fraction of sp³-hybridized carbons (Fsp3) is 0.786. The second-order valence-corrected chi connectivity index (χ2v) is 5.84. The molecule has 1 aliphatic rings. The number of rotatable bonds is 4. The van der Waals surface area contributed by atoms with Gasteiger partial charge in [0.2, 0.25) is 0 Å². The van der Waals surface area contributed by atoms with Gasteiger partial charge in [-0.2, -0.15) is 0 Å². The zero-order chi connectivity index (χ0) is 13.8. The van der Waals surface area contributed by atoms with Crippen LogP contribution in [-0.4, -0.2) is 40.9 Å². The lowest BCUT2D eigenvalue weighted by atomic mass is 9.95. The summed E-state index contributed by atoms with van der Waals surface area (Å²) in [5.41, 5.74) is -0.490. The van der Waals surface area contributed by atoms with Gasteiger partial charge in [-0.05, 0) is 46.0 Å². The summed E-state index contributed by atoms with van der Waals surface area (Å²) >= 11 is 0. The number of amides is 1. The number of likely N-dealkylation sites (tertiary alicyclic amines) is 1. The van der Waals surface area contributed by atoms with Crippen LogP contribution in [0.3, 0.4) is 0 Å². The molecule has 0 spiro atoms. The van der Waals surface area contributed by atoms with Crippen LogP contribution in [0.4, 0.5) is 4.79 Å². The third-order valence-electron chi connectivity index (χ3n) is 3.24. The Hall–Kier alpha value is -1.03. The molecule has 4 heteroatoms. The standard InChI is InChI=1S/C14H25NO3/c1-5-6-7-11-8-9-15(12(11)10-16)13(17)18-14(2,3)4/h5,11-12,16H,1,6-10H2,2-4H3/t11-,12+/m0/s1. The zero-order valence-corrected chi connectivity index (χ0v) is 11.7. The Morgan fingerprint density at radius 3 is 2.72 bits per heavy atom. The van der Waals surface area contributed by atoms with Crippen molar-refractivity contribution >= 4 is 6.09 Å². The van der Waals surface area contributed by atoms with Crippen molar-refractivity contribution in [3.8, 4) is 0 Å². The molecule has 104 valence electrons. The topological polar surface area (TPSA) is 49.8 Å². The molecular weight excluding hydrogens is 230 g/mol. The maximum atomic E-state index is 12.0. The molecule has 0 saturated carbocycles. The molecule has 1 N–H and O–H groups in total. The van der Waals surface area contributed by atoms with Crippen LogP contribution in [0.2, 0.25) is 0 Å². The van der Waals surface area contributed by atoms with Gasteiger partial charge in [0.15, 0.2) is 0 Å². The number of nitrogens with zero attached hydrogens (tertiary/aromatic N) is 1. The number of aliphatic hydroxyl groups is 1. The predicted molar refractivity (Wildman–Crippen MR) is 71.4 cm³/mol. The molecule has 18 heavy (non-hydrogen) atoms. The molecule has 1 heterocycles. The summed E-state index contributed by atoms with van der Waals surface area (Å²) < 4.78 is 5.36. The second-order valence-electron chi connectivity index (χ2n) is 5.84. The molecule has 0 aromatic carbocycles. The van der Waals surface area contributed by atoms with E-state index in [0.29, 0.717) is 12.5 Å². The Kier molecular flexibility index (Phi) is 5.20. The maximum absolute atomic E-state index is 12.0. The third kappa shape index (κ3) is 4.02. The lowest BCUT2D eigenvalue weighted by Gasteiger charge is -2.29. The van der Waals surface area contributed by atoms with E-state index in [2.05, 4.69) is 6.58 Å².